The Morgan fingerprint density at radius 1 is 1.33 bits per heavy atom. The largest absolute Gasteiger partial charge is 0.375 e. The maximum absolute atomic E-state index is 13.9. The molecule has 0 unspecified atom stereocenters. The molecule has 2 aliphatic rings. The molecule has 2 saturated heterocycles. The minimum Gasteiger partial charge on any atom is -0.375 e. The third-order valence-corrected chi connectivity index (χ3v) is 6.42. The number of hydrogen-bond donors (Lipinski definition) is 1. The summed E-state index contributed by atoms with van der Waals surface area (Å²) in [5, 5.41) is 0. The fourth-order valence-electron chi connectivity index (χ4n) is 3.49. The molecule has 1 N–H and O–H groups in total. The maximum Gasteiger partial charge on any atom is 0.243 e. The fraction of sp³-hybridized carbons (Fsp3) is 0.647. The number of nitrogens with one attached hydrogen (secondary N) is 1. The molecule has 2 fully saturated rings. The first-order chi connectivity index (χ1) is 11.3. The van der Waals surface area contributed by atoms with Crippen molar-refractivity contribution in [1.29, 1.82) is 0 Å². The number of sulfonamides is 1. The predicted octanol–water partition coefficient (Wildman–Crippen LogP) is 1.91. The molecule has 2 heterocycles. The Bertz CT molecular complexity index is 708. The van der Waals surface area contributed by atoms with E-state index >= 15 is 0 Å². The highest BCUT2D eigenvalue weighted by atomic mass is 32.2. The van der Waals surface area contributed by atoms with E-state index < -0.39 is 15.8 Å². The van der Waals surface area contributed by atoms with Crippen LogP contribution in [0, 0.1) is 18.7 Å². The molecule has 0 radical (unpaired) electrons. The van der Waals surface area contributed by atoms with E-state index in [0.717, 1.165) is 6.54 Å². The van der Waals surface area contributed by atoms with E-state index in [1.54, 1.807) is 13.0 Å². The molecule has 5 nitrogen and oxygen atoms in total. The Morgan fingerprint density at radius 3 is 2.79 bits per heavy atom. The number of aryl methyl sites for hydroxylation is 1. The van der Waals surface area contributed by atoms with Crippen LogP contribution in [0.2, 0.25) is 0 Å². The third kappa shape index (κ3) is 3.64. The summed E-state index contributed by atoms with van der Waals surface area (Å²) in [6, 6.07) is 4.15. The van der Waals surface area contributed by atoms with Crippen LogP contribution in [-0.4, -0.2) is 51.2 Å². The quantitative estimate of drug-likeness (QED) is 0.895. The zero-order chi connectivity index (χ0) is 17.5. The number of hydrogen-bond acceptors (Lipinski definition) is 4. The molecule has 0 amide bonds. The van der Waals surface area contributed by atoms with Crippen molar-refractivity contribution in [2.75, 3.05) is 19.7 Å². The van der Waals surface area contributed by atoms with Gasteiger partial charge in [-0.1, -0.05) is 19.9 Å². The Kier molecular flexibility index (Phi) is 4.97. The van der Waals surface area contributed by atoms with Crippen LogP contribution < -0.4 is 4.72 Å². The van der Waals surface area contributed by atoms with Crippen molar-refractivity contribution in [2.24, 2.45) is 5.92 Å². The van der Waals surface area contributed by atoms with Gasteiger partial charge < -0.3 is 4.74 Å². The van der Waals surface area contributed by atoms with E-state index in [1.807, 2.05) is 0 Å². The molecule has 1 aromatic carbocycles. The molecule has 0 aromatic heterocycles. The van der Waals surface area contributed by atoms with Crippen LogP contribution in [0.3, 0.4) is 0 Å². The minimum absolute atomic E-state index is 0.186. The van der Waals surface area contributed by atoms with E-state index in [-0.39, 0.29) is 23.1 Å². The summed E-state index contributed by atoms with van der Waals surface area (Å²) in [6.07, 6.45) is 0.878. The maximum atomic E-state index is 13.9. The van der Waals surface area contributed by atoms with Crippen molar-refractivity contribution >= 4 is 10.0 Å². The number of ether oxygens (including phenoxy) is 1. The van der Waals surface area contributed by atoms with Crippen LogP contribution in [0.15, 0.2) is 23.1 Å². The van der Waals surface area contributed by atoms with Gasteiger partial charge in [0.1, 0.15) is 10.7 Å². The van der Waals surface area contributed by atoms with Gasteiger partial charge in [-0.2, -0.15) is 0 Å². The van der Waals surface area contributed by atoms with Gasteiger partial charge in [-0.25, -0.2) is 17.5 Å². The Labute approximate surface area is 143 Å². The van der Waals surface area contributed by atoms with Crippen molar-refractivity contribution in [3.05, 3.63) is 29.6 Å². The Hall–Kier alpha value is -1.02. The van der Waals surface area contributed by atoms with Crippen molar-refractivity contribution < 1.29 is 17.5 Å². The van der Waals surface area contributed by atoms with Crippen LogP contribution in [0.1, 0.15) is 25.8 Å². The van der Waals surface area contributed by atoms with Gasteiger partial charge >= 0.3 is 0 Å². The molecule has 1 aromatic rings. The molecular formula is C17H25FN2O3S. The van der Waals surface area contributed by atoms with Gasteiger partial charge in [-0.15, -0.1) is 0 Å². The number of halogens is 1. The van der Waals surface area contributed by atoms with Gasteiger partial charge in [-0.05, 0) is 37.0 Å². The second-order valence-electron chi connectivity index (χ2n) is 7.21. The van der Waals surface area contributed by atoms with Crippen molar-refractivity contribution in [1.82, 2.24) is 9.62 Å². The predicted molar refractivity (Wildman–Crippen MR) is 89.8 cm³/mol. The molecule has 134 valence electrons. The second-order valence-corrected chi connectivity index (χ2v) is 8.89. The molecule has 0 saturated carbocycles. The molecular weight excluding hydrogens is 331 g/mol. The van der Waals surface area contributed by atoms with Gasteiger partial charge in [0.2, 0.25) is 10.0 Å². The lowest BCUT2D eigenvalue weighted by molar-refractivity contribution is -0.0683. The van der Waals surface area contributed by atoms with Crippen LogP contribution in [0.4, 0.5) is 4.39 Å². The molecule has 0 aliphatic carbocycles. The summed E-state index contributed by atoms with van der Waals surface area (Å²) in [4.78, 5) is 2.01. The molecule has 3 atom stereocenters. The van der Waals surface area contributed by atoms with Gasteiger partial charge in [0, 0.05) is 25.2 Å². The molecule has 24 heavy (non-hydrogen) atoms. The first-order valence-electron chi connectivity index (χ1n) is 8.40. The summed E-state index contributed by atoms with van der Waals surface area (Å²) >= 11 is 0. The average Bonchev–Trinajstić information content (AvgIpc) is 2.89. The Balaban J connectivity index is 1.70. The van der Waals surface area contributed by atoms with Gasteiger partial charge in [0.15, 0.2) is 0 Å². The second kappa shape index (κ2) is 6.71. The molecule has 0 bridgehead atoms. The van der Waals surface area contributed by atoms with Crippen molar-refractivity contribution in [3.8, 4) is 0 Å². The van der Waals surface area contributed by atoms with Crippen LogP contribution in [0.5, 0.6) is 0 Å². The van der Waals surface area contributed by atoms with Gasteiger partial charge in [0.25, 0.3) is 0 Å². The van der Waals surface area contributed by atoms with Crippen molar-refractivity contribution in [2.45, 2.75) is 50.3 Å². The summed E-state index contributed by atoms with van der Waals surface area (Å²) in [7, 11) is -3.86. The number of benzene rings is 1. The summed E-state index contributed by atoms with van der Waals surface area (Å²) < 4.78 is 47.5. The van der Waals surface area contributed by atoms with Crippen molar-refractivity contribution in [3.63, 3.8) is 0 Å². The highest BCUT2D eigenvalue weighted by molar-refractivity contribution is 7.89. The minimum atomic E-state index is -3.86. The standard InChI is InChI=1S/C17H25FN2O3S/c1-11(2)16-9-20-8-13(7-14(20)10-23-16)19-24(21,22)17-6-12(3)4-5-15(17)18/h4-6,11,13-14,16,19H,7-10H2,1-3H3/t13-,14-,16-/m0/s1. The normalized spacial score (nSPS) is 28.3. The van der Waals surface area contributed by atoms with Gasteiger partial charge in [-0.3, -0.25) is 4.90 Å². The monoisotopic (exact) mass is 356 g/mol. The van der Waals surface area contributed by atoms with E-state index in [9.17, 15) is 12.8 Å². The zero-order valence-corrected chi connectivity index (χ0v) is 15.1. The molecule has 0 spiro atoms. The Morgan fingerprint density at radius 2 is 2.08 bits per heavy atom. The number of nitrogens with zero attached hydrogens (tertiary/aromatic N) is 1. The van der Waals surface area contributed by atoms with E-state index in [2.05, 4.69) is 23.5 Å². The van der Waals surface area contributed by atoms with E-state index in [4.69, 9.17) is 4.74 Å². The smallest absolute Gasteiger partial charge is 0.243 e. The first kappa shape index (κ1) is 17.8. The lowest BCUT2D eigenvalue weighted by Gasteiger charge is -2.36. The average molecular weight is 356 g/mol. The molecule has 3 rings (SSSR count). The lowest BCUT2D eigenvalue weighted by atomic mass is 10.0. The first-order valence-corrected chi connectivity index (χ1v) is 9.88. The summed E-state index contributed by atoms with van der Waals surface area (Å²) in [5.74, 6) is -0.282. The third-order valence-electron chi connectivity index (χ3n) is 4.89. The zero-order valence-electron chi connectivity index (χ0n) is 14.3. The van der Waals surface area contributed by atoms with Crippen LogP contribution in [-0.2, 0) is 14.8 Å². The topological polar surface area (TPSA) is 58.6 Å². The highest BCUT2D eigenvalue weighted by Gasteiger charge is 2.39. The lowest BCUT2D eigenvalue weighted by Crippen LogP contribution is -2.48. The SMILES string of the molecule is Cc1ccc(F)c(S(=O)(=O)N[C@H]2C[C@H]3CO[C@H](C(C)C)CN3C2)c1. The number of fused-ring (bicyclic) bond motifs is 1. The molecule has 2 aliphatic heterocycles. The summed E-state index contributed by atoms with van der Waals surface area (Å²) in [6.45, 7) is 8.09. The fourth-order valence-corrected chi connectivity index (χ4v) is 4.89. The van der Waals surface area contributed by atoms with Crippen LogP contribution >= 0.6 is 0 Å². The van der Waals surface area contributed by atoms with E-state index in [0.29, 0.717) is 31.1 Å². The van der Waals surface area contributed by atoms with Crippen LogP contribution in [0.25, 0.3) is 0 Å². The highest BCUT2D eigenvalue weighted by Crippen LogP contribution is 2.27. The number of morpholine rings is 1. The molecule has 7 heteroatoms. The van der Waals surface area contributed by atoms with E-state index in [1.165, 1.54) is 12.1 Å². The summed E-state index contributed by atoms with van der Waals surface area (Å²) in [5.41, 5.74) is 0.716. The number of rotatable bonds is 4. The van der Waals surface area contributed by atoms with Gasteiger partial charge in [0.05, 0.1) is 12.7 Å².